The first-order chi connectivity index (χ1) is 12.8. The fourth-order valence-electron chi connectivity index (χ4n) is 3.48. The lowest BCUT2D eigenvalue weighted by molar-refractivity contribution is -0.136. The minimum Gasteiger partial charge on any atom is -0.341 e. The first-order valence-corrected chi connectivity index (χ1v) is 9.04. The number of likely N-dealkylation sites (tertiary alicyclic amines) is 1. The molecule has 2 heterocycles. The Hall–Kier alpha value is -2.90. The SMILES string of the molecule is CC(C(=O)N1CCC(NC(=O)N(C)C)CC1)N1C(=O)c2ccccc2C1=O. The van der Waals surface area contributed by atoms with Crippen molar-refractivity contribution in [3.8, 4) is 0 Å². The molecule has 0 bridgehead atoms. The molecule has 0 saturated carbocycles. The molecule has 1 aromatic carbocycles. The first kappa shape index (κ1) is 18.9. The number of carbonyl (C=O) groups excluding carboxylic acids is 4. The number of hydrogen-bond donors (Lipinski definition) is 1. The summed E-state index contributed by atoms with van der Waals surface area (Å²) in [6.45, 7) is 2.54. The number of amides is 5. The summed E-state index contributed by atoms with van der Waals surface area (Å²) in [6, 6.07) is 5.61. The predicted molar refractivity (Wildman–Crippen MR) is 98.2 cm³/mol. The standard InChI is InChI=1S/C19H24N4O4/c1-12(23-17(25)14-6-4-5-7-15(14)18(23)26)16(24)22-10-8-13(9-11-22)20-19(27)21(2)3/h4-7,12-13H,8-11H2,1-3H3,(H,20,27). The fourth-order valence-corrected chi connectivity index (χ4v) is 3.48. The summed E-state index contributed by atoms with van der Waals surface area (Å²) >= 11 is 0. The van der Waals surface area contributed by atoms with Crippen molar-refractivity contribution in [3.05, 3.63) is 35.4 Å². The number of urea groups is 1. The van der Waals surface area contributed by atoms with Crippen molar-refractivity contribution in [1.82, 2.24) is 20.0 Å². The Morgan fingerprint density at radius 3 is 2.07 bits per heavy atom. The van der Waals surface area contributed by atoms with Crippen molar-refractivity contribution in [2.45, 2.75) is 31.8 Å². The number of imide groups is 1. The Morgan fingerprint density at radius 1 is 1.07 bits per heavy atom. The van der Waals surface area contributed by atoms with E-state index in [1.165, 1.54) is 4.90 Å². The van der Waals surface area contributed by atoms with E-state index in [1.54, 1.807) is 50.2 Å². The number of carbonyl (C=O) groups is 4. The lowest BCUT2D eigenvalue weighted by atomic mass is 10.0. The molecule has 1 N–H and O–H groups in total. The smallest absolute Gasteiger partial charge is 0.317 e. The molecule has 144 valence electrons. The first-order valence-electron chi connectivity index (χ1n) is 9.04. The maximum Gasteiger partial charge on any atom is 0.317 e. The average Bonchev–Trinajstić information content (AvgIpc) is 2.92. The van der Waals surface area contributed by atoms with Gasteiger partial charge < -0.3 is 15.1 Å². The van der Waals surface area contributed by atoms with Gasteiger partial charge in [0, 0.05) is 33.2 Å². The van der Waals surface area contributed by atoms with Crippen LogP contribution in [0, 0.1) is 0 Å². The predicted octanol–water partition coefficient (Wildman–Crippen LogP) is 0.933. The van der Waals surface area contributed by atoms with Crippen LogP contribution < -0.4 is 5.32 Å². The van der Waals surface area contributed by atoms with Crippen LogP contribution in [0.1, 0.15) is 40.5 Å². The second-order valence-corrected chi connectivity index (χ2v) is 7.15. The van der Waals surface area contributed by atoms with E-state index < -0.39 is 17.9 Å². The highest BCUT2D eigenvalue weighted by molar-refractivity contribution is 6.22. The Bertz CT molecular complexity index is 749. The second-order valence-electron chi connectivity index (χ2n) is 7.15. The maximum atomic E-state index is 12.8. The Morgan fingerprint density at radius 2 is 1.59 bits per heavy atom. The molecule has 2 aliphatic rings. The zero-order chi connectivity index (χ0) is 19.7. The van der Waals surface area contributed by atoms with E-state index in [2.05, 4.69) is 5.32 Å². The lowest BCUT2D eigenvalue weighted by Crippen LogP contribution is -2.54. The van der Waals surface area contributed by atoms with Gasteiger partial charge in [0.25, 0.3) is 11.8 Å². The van der Waals surface area contributed by atoms with Crippen LogP contribution in [0.15, 0.2) is 24.3 Å². The number of hydrogen-bond acceptors (Lipinski definition) is 4. The third-order valence-corrected chi connectivity index (χ3v) is 5.11. The molecule has 1 saturated heterocycles. The summed E-state index contributed by atoms with van der Waals surface area (Å²) in [7, 11) is 3.36. The quantitative estimate of drug-likeness (QED) is 0.800. The van der Waals surface area contributed by atoms with E-state index in [4.69, 9.17) is 0 Å². The van der Waals surface area contributed by atoms with Gasteiger partial charge in [0.15, 0.2) is 0 Å². The molecule has 2 aliphatic heterocycles. The van der Waals surface area contributed by atoms with Crippen LogP contribution in [0.25, 0.3) is 0 Å². The number of rotatable bonds is 3. The van der Waals surface area contributed by atoms with Gasteiger partial charge in [0.1, 0.15) is 6.04 Å². The van der Waals surface area contributed by atoms with Crippen LogP contribution in [0.4, 0.5) is 4.79 Å². The van der Waals surface area contributed by atoms with Crippen LogP contribution in [-0.4, -0.2) is 77.7 Å². The second kappa shape index (κ2) is 7.38. The molecular formula is C19H24N4O4. The van der Waals surface area contributed by atoms with Gasteiger partial charge in [-0.15, -0.1) is 0 Å². The van der Waals surface area contributed by atoms with Gasteiger partial charge >= 0.3 is 6.03 Å². The maximum absolute atomic E-state index is 12.8. The van der Waals surface area contributed by atoms with Gasteiger partial charge in [-0.2, -0.15) is 0 Å². The van der Waals surface area contributed by atoms with Gasteiger partial charge in [0.05, 0.1) is 11.1 Å². The van der Waals surface area contributed by atoms with Gasteiger partial charge in [-0.3, -0.25) is 19.3 Å². The number of piperidine rings is 1. The molecule has 5 amide bonds. The van der Waals surface area contributed by atoms with Crippen molar-refractivity contribution in [1.29, 1.82) is 0 Å². The highest BCUT2D eigenvalue weighted by atomic mass is 16.2. The van der Waals surface area contributed by atoms with Gasteiger partial charge in [-0.1, -0.05) is 12.1 Å². The van der Waals surface area contributed by atoms with Crippen molar-refractivity contribution in [3.63, 3.8) is 0 Å². The molecule has 1 fully saturated rings. The minimum atomic E-state index is -0.856. The van der Waals surface area contributed by atoms with Gasteiger partial charge in [0.2, 0.25) is 5.91 Å². The zero-order valence-corrected chi connectivity index (χ0v) is 15.8. The largest absolute Gasteiger partial charge is 0.341 e. The summed E-state index contributed by atoms with van der Waals surface area (Å²) < 4.78 is 0. The molecule has 8 heteroatoms. The summed E-state index contributed by atoms with van der Waals surface area (Å²) in [5, 5.41) is 2.92. The third-order valence-electron chi connectivity index (χ3n) is 5.11. The molecule has 0 spiro atoms. The van der Waals surface area contributed by atoms with E-state index in [0.29, 0.717) is 37.1 Å². The van der Waals surface area contributed by atoms with Crippen LogP contribution in [0.2, 0.25) is 0 Å². The normalized spacial score (nSPS) is 18.3. The van der Waals surface area contributed by atoms with E-state index in [-0.39, 0.29) is 18.0 Å². The van der Waals surface area contributed by atoms with E-state index in [1.807, 2.05) is 0 Å². The highest BCUT2D eigenvalue weighted by Gasteiger charge is 2.42. The van der Waals surface area contributed by atoms with Crippen LogP contribution in [0.5, 0.6) is 0 Å². The molecule has 1 aromatic rings. The van der Waals surface area contributed by atoms with Crippen molar-refractivity contribution >= 4 is 23.8 Å². The van der Waals surface area contributed by atoms with Crippen molar-refractivity contribution in [2.75, 3.05) is 27.2 Å². The monoisotopic (exact) mass is 372 g/mol. The van der Waals surface area contributed by atoms with Crippen LogP contribution in [0.3, 0.4) is 0 Å². The minimum absolute atomic E-state index is 0.0126. The molecule has 1 unspecified atom stereocenters. The molecule has 3 rings (SSSR count). The van der Waals surface area contributed by atoms with Gasteiger partial charge in [-0.25, -0.2) is 4.79 Å². The number of nitrogens with one attached hydrogen (secondary N) is 1. The topological polar surface area (TPSA) is 90.0 Å². The molecule has 0 aliphatic carbocycles. The Balaban J connectivity index is 1.62. The molecule has 0 radical (unpaired) electrons. The van der Waals surface area contributed by atoms with Crippen LogP contribution >= 0.6 is 0 Å². The molecule has 0 aromatic heterocycles. The number of nitrogens with zero attached hydrogens (tertiary/aromatic N) is 3. The van der Waals surface area contributed by atoms with Crippen molar-refractivity contribution < 1.29 is 19.2 Å². The number of benzene rings is 1. The van der Waals surface area contributed by atoms with E-state index >= 15 is 0 Å². The van der Waals surface area contributed by atoms with Crippen molar-refractivity contribution in [2.24, 2.45) is 0 Å². The third kappa shape index (κ3) is 3.51. The average molecular weight is 372 g/mol. The molecule has 8 nitrogen and oxygen atoms in total. The Kier molecular flexibility index (Phi) is 5.16. The summed E-state index contributed by atoms with van der Waals surface area (Å²) in [6.07, 6.45) is 1.28. The van der Waals surface area contributed by atoms with Crippen LogP contribution in [-0.2, 0) is 4.79 Å². The highest BCUT2D eigenvalue weighted by Crippen LogP contribution is 2.25. The molecule has 1 atom stereocenters. The zero-order valence-electron chi connectivity index (χ0n) is 15.8. The lowest BCUT2D eigenvalue weighted by Gasteiger charge is -2.35. The van der Waals surface area contributed by atoms with Gasteiger partial charge in [-0.05, 0) is 31.9 Å². The summed E-state index contributed by atoms with van der Waals surface area (Å²) in [5.74, 6) is -1.10. The summed E-state index contributed by atoms with van der Waals surface area (Å²) in [4.78, 5) is 53.9. The fraction of sp³-hybridized carbons (Fsp3) is 0.474. The molecular weight excluding hydrogens is 348 g/mol. The number of fused-ring (bicyclic) bond motifs is 1. The molecule has 27 heavy (non-hydrogen) atoms. The summed E-state index contributed by atoms with van der Waals surface area (Å²) in [5.41, 5.74) is 0.680. The Labute approximate surface area is 158 Å². The van der Waals surface area contributed by atoms with E-state index in [9.17, 15) is 19.2 Å². The van der Waals surface area contributed by atoms with E-state index in [0.717, 1.165) is 4.90 Å².